The van der Waals surface area contributed by atoms with Crippen LogP contribution in [0.3, 0.4) is 0 Å². The third-order valence-corrected chi connectivity index (χ3v) is 7.61. The average Bonchev–Trinajstić information content (AvgIpc) is 3.10. The molecule has 1 aliphatic rings. The van der Waals surface area contributed by atoms with Crippen LogP contribution in [0.2, 0.25) is 0 Å². The molecule has 5 aromatic carbocycles. The Balaban J connectivity index is 1.27. The van der Waals surface area contributed by atoms with Gasteiger partial charge in [0.1, 0.15) is 18.5 Å². The Morgan fingerprint density at radius 3 is 2.02 bits per heavy atom. The Kier molecular flexibility index (Phi) is 9.98. The molecule has 6 heteroatoms. The number of aryl methyl sites for hydroxylation is 1. The van der Waals surface area contributed by atoms with E-state index in [4.69, 9.17) is 19.2 Å². The van der Waals surface area contributed by atoms with E-state index in [9.17, 15) is 4.79 Å². The summed E-state index contributed by atoms with van der Waals surface area (Å²) in [5, 5.41) is 0. The molecule has 46 heavy (non-hydrogen) atoms. The van der Waals surface area contributed by atoms with E-state index in [0.29, 0.717) is 35.9 Å². The van der Waals surface area contributed by atoms with Crippen molar-refractivity contribution in [2.24, 2.45) is 4.99 Å². The molecule has 1 aliphatic heterocycles. The maximum absolute atomic E-state index is 12.7. The van der Waals surface area contributed by atoms with Crippen LogP contribution in [-0.2, 0) is 20.6 Å². The molecule has 0 radical (unpaired) electrons. The van der Waals surface area contributed by atoms with E-state index in [1.165, 1.54) is 5.56 Å². The van der Waals surface area contributed by atoms with Crippen molar-refractivity contribution in [1.29, 1.82) is 0 Å². The summed E-state index contributed by atoms with van der Waals surface area (Å²) in [5.41, 5.74) is 6.24. The van der Waals surface area contributed by atoms with Crippen molar-refractivity contribution < 1.29 is 19.0 Å². The number of hydrogen-bond acceptors (Lipinski definition) is 6. The van der Waals surface area contributed by atoms with Gasteiger partial charge in [-0.25, -0.2) is 9.79 Å². The maximum Gasteiger partial charge on any atom is 0.340 e. The van der Waals surface area contributed by atoms with Gasteiger partial charge in [0.2, 0.25) is 5.90 Å². The second kappa shape index (κ2) is 15.0. The standard InChI is InChI=1S/C40H36N2O4/c1-2-44-40(43)36-20-12-13-21-37(36)41-39-38(27-24-30-14-6-3-7-15-30)45-29-35(46-39)28-31-22-25-34(26-23-31)42(32-16-8-4-9-17-32)33-18-10-5-11-19-33/h3-23,25-26,28,38H,2,24,27,29H2,1H3/b35-28+,41-39?. The Morgan fingerprint density at radius 1 is 0.783 bits per heavy atom. The van der Waals surface area contributed by atoms with Crippen molar-refractivity contribution in [1.82, 2.24) is 0 Å². The van der Waals surface area contributed by atoms with E-state index in [2.05, 4.69) is 65.6 Å². The Bertz CT molecular complexity index is 1750. The number of rotatable bonds is 10. The zero-order chi connectivity index (χ0) is 31.6. The third kappa shape index (κ3) is 7.60. The number of para-hydroxylation sites is 3. The summed E-state index contributed by atoms with van der Waals surface area (Å²) in [4.78, 5) is 19.7. The molecule has 0 aromatic heterocycles. The first-order valence-corrected chi connectivity index (χ1v) is 15.6. The highest BCUT2D eigenvalue weighted by Gasteiger charge is 2.27. The number of hydrogen-bond donors (Lipinski definition) is 0. The van der Waals surface area contributed by atoms with Crippen LogP contribution in [-0.4, -0.2) is 31.2 Å². The molecule has 230 valence electrons. The number of aliphatic imine (C=N–C) groups is 1. The third-order valence-electron chi connectivity index (χ3n) is 7.61. The average molecular weight is 609 g/mol. The number of carbonyl (C=O) groups is 1. The van der Waals surface area contributed by atoms with Gasteiger partial charge in [-0.1, -0.05) is 91.0 Å². The van der Waals surface area contributed by atoms with Crippen molar-refractivity contribution in [3.05, 3.63) is 162 Å². The van der Waals surface area contributed by atoms with Crippen LogP contribution >= 0.6 is 0 Å². The van der Waals surface area contributed by atoms with E-state index >= 15 is 0 Å². The Hall–Kier alpha value is -5.46. The molecule has 0 bridgehead atoms. The van der Waals surface area contributed by atoms with Crippen molar-refractivity contribution in [2.75, 3.05) is 18.1 Å². The summed E-state index contributed by atoms with van der Waals surface area (Å²) in [6.07, 6.45) is 3.08. The van der Waals surface area contributed by atoms with Gasteiger partial charge in [-0.15, -0.1) is 0 Å². The Labute approximate surface area is 270 Å². The van der Waals surface area contributed by atoms with E-state index in [0.717, 1.165) is 29.0 Å². The maximum atomic E-state index is 12.7. The first-order valence-electron chi connectivity index (χ1n) is 15.6. The van der Waals surface area contributed by atoms with Gasteiger partial charge in [-0.3, -0.25) is 0 Å². The predicted molar refractivity (Wildman–Crippen MR) is 184 cm³/mol. The molecule has 1 fully saturated rings. The SMILES string of the molecule is CCOC(=O)c1ccccc1N=C1O/C(=C/c2ccc(N(c3ccccc3)c3ccccc3)cc2)COC1CCc1ccccc1. The number of esters is 1. The zero-order valence-corrected chi connectivity index (χ0v) is 25.8. The largest absolute Gasteiger partial charge is 0.462 e. The number of anilines is 3. The van der Waals surface area contributed by atoms with E-state index in [1.54, 1.807) is 25.1 Å². The fourth-order valence-electron chi connectivity index (χ4n) is 5.38. The highest BCUT2D eigenvalue weighted by Crippen LogP contribution is 2.34. The van der Waals surface area contributed by atoms with E-state index < -0.39 is 5.97 Å². The van der Waals surface area contributed by atoms with Crippen LogP contribution in [0.4, 0.5) is 22.7 Å². The Morgan fingerprint density at radius 2 is 1.37 bits per heavy atom. The lowest BCUT2D eigenvalue weighted by atomic mass is 10.1. The molecular formula is C40H36N2O4. The quantitative estimate of drug-likeness (QED) is 0.148. The first-order chi connectivity index (χ1) is 22.7. The van der Waals surface area contributed by atoms with E-state index in [-0.39, 0.29) is 12.7 Å². The van der Waals surface area contributed by atoms with Crippen molar-refractivity contribution in [2.45, 2.75) is 25.9 Å². The van der Waals surface area contributed by atoms with Gasteiger partial charge in [-0.05, 0) is 85.5 Å². The van der Waals surface area contributed by atoms with Gasteiger partial charge in [0.05, 0.1) is 17.9 Å². The monoisotopic (exact) mass is 608 g/mol. The molecule has 0 N–H and O–H groups in total. The summed E-state index contributed by atoms with van der Waals surface area (Å²) in [6, 6.07) is 46.4. The lowest BCUT2D eigenvalue weighted by Gasteiger charge is -2.27. The molecule has 1 saturated heterocycles. The van der Waals surface area contributed by atoms with Gasteiger partial charge >= 0.3 is 5.97 Å². The van der Waals surface area contributed by atoms with Crippen molar-refractivity contribution in [3.63, 3.8) is 0 Å². The molecule has 0 spiro atoms. The molecule has 1 heterocycles. The fraction of sp³-hybridized carbons (Fsp3) is 0.150. The second-order valence-corrected chi connectivity index (χ2v) is 10.8. The first kappa shape index (κ1) is 30.6. The van der Waals surface area contributed by atoms with Crippen molar-refractivity contribution in [3.8, 4) is 0 Å². The summed E-state index contributed by atoms with van der Waals surface area (Å²) in [7, 11) is 0. The van der Waals surface area contributed by atoms with Crippen LogP contribution in [0.15, 0.2) is 150 Å². The molecule has 0 amide bonds. The normalized spacial score (nSPS) is 16.2. The fourth-order valence-corrected chi connectivity index (χ4v) is 5.38. The summed E-state index contributed by atoms with van der Waals surface area (Å²) in [6.45, 7) is 2.37. The smallest absolute Gasteiger partial charge is 0.340 e. The molecular weight excluding hydrogens is 572 g/mol. The van der Waals surface area contributed by atoms with Crippen LogP contribution in [0.5, 0.6) is 0 Å². The molecule has 1 atom stereocenters. The zero-order valence-electron chi connectivity index (χ0n) is 25.8. The number of carbonyl (C=O) groups excluding carboxylic acids is 1. The van der Waals surface area contributed by atoms with Crippen LogP contribution in [0, 0.1) is 0 Å². The van der Waals surface area contributed by atoms with Crippen LogP contribution in [0.1, 0.15) is 34.8 Å². The number of nitrogens with zero attached hydrogens (tertiary/aromatic N) is 2. The second-order valence-electron chi connectivity index (χ2n) is 10.8. The van der Waals surface area contributed by atoms with Gasteiger partial charge in [-0.2, -0.15) is 0 Å². The molecule has 6 nitrogen and oxygen atoms in total. The minimum absolute atomic E-state index is 0.281. The number of ether oxygens (including phenoxy) is 3. The summed E-state index contributed by atoms with van der Waals surface area (Å²) >= 11 is 0. The molecule has 5 aromatic rings. The molecule has 1 unspecified atom stereocenters. The van der Waals surface area contributed by atoms with Gasteiger partial charge in [0, 0.05) is 17.1 Å². The highest BCUT2D eigenvalue weighted by atomic mass is 16.6. The molecule has 6 rings (SSSR count). The minimum Gasteiger partial charge on any atom is -0.462 e. The minimum atomic E-state index is -0.420. The topological polar surface area (TPSA) is 60.4 Å². The highest BCUT2D eigenvalue weighted by molar-refractivity contribution is 5.97. The summed E-state index contributed by atoms with van der Waals surface area (Å²) < 4.78 is 18.1. The van der Waals surface area contributed by atoms with Crippen LogP contribution in [0.25, 0.3) is 6.08 Å². The lowest BCUT2D eigenvalue weighted by Crippen LogP contribution is -2.33. The van der Waals surface area contributed by atoms with Crippen molar-refractivity contribution >= 4 is 40.7 Å². The molecule has 0 aliphatic carbocycles. The van der Waals surface area contributed by atoms with Gasteiger partial charge in [0.15, 0.2) is 0 Å². The molecule has 0 saturated carbocycles. The van der Waals surface area contributed by atoms with Crippen LogP contribution < -0.4 is 4.90 Å². The number of benzene rings is 5. The predicted octanol–water partition coefficient (Wildman–Crippen LogP) is 9.45. The van der Waals surface area contributed by atoms with Gasteiger partial charge < -0.3 is 19.1 Å². The summed E-state index contributed by atoms with van der Waals surface area (Å²) in [5.74, 6) is 0.635. The van der Waals surface area contributed by atoms with E-state index in [1.807, 2.05) is 66.7 Å². The lowest BCUT2D eigenvalue weighted by molar-refractivity contribution is 0.0471. The van der Waals surface area contributed by atoms with Gasteiger partial charge in [0.25, 0.3) is 0 Å².